The molecule has 1 fully saturated rings. The van der Waals surface area contributed by atoms with Crippen LogP contribution in [0.4, 0.5) is 0 Å². The van der Waals surface area contributed by atoms with Gasteiger partial charge in [0.1, 0.15) is 11.3 Å². The van der Waals surface area contributed by atoms with Crippen molar-refractivity contribution >= 4 is 11.8 Å². The van der Waals surface area contributed by atoms with E-state index in [1.807, 2.05) is 56.3 Å². The summed E-state index contributed by atoms with van der Waals surface area (Å²) in [6.45, 7) is 5.11. The molecule has 2 aromatic rings. The van der Waals surface area contributed by atoms with Crippen LogP contribution in [0.5, 0.6) is 17.2 Å². The first kappa shape index (κ1) is 23.4. The minimum Gasteiger partial charge on any atom is -0.494 e. The van der Waals surface area contributed by atoms with E-state index in [2.05, 4.69) is 5.32 Å². The topological polar surface area (TPSA) is 77.1 Å². The summed E-state index contributed by atoms with van der Waals surface area (Å²) in [6.07, 6.45) is 1.49. The molecule has 1 N–H and O–H groups in total. The number of hydrogen-bond donors (Lipinski definition) is 1. The van der Waals surface area contributed by atoms with Gasteiger partial charge in [-0.25, -0.2) is 0 Å². The number of hydrogen-bond acceptors (Lipinski definition) is 5. The Balaban J connectivity index is 1.66. The molecule has 0 radical (unpaired) electrons. The Labute approximate surface area is 189 Å². The molecule has 32 heavy (non-hydrogen) atoms. The average Bonchev–Trinajstić information content (AvgIpc) is 3.10. The number of benzene rings is 2. The molecule has 0 saturated carbocycles. The van der Waals surface area contributed by atoms with Gasteiger partial charge in [0.05, 0.1) is 27.4 Å². The molecule has 0 aliphatic carbocycles. The number of methoxy groups -OCH3 is 2. The Hall–Kier alpha value is -3.22. The Morgan fingerprint density at radius 3 is 2.56 bits per heavy atom. The molecule has 2 amide bonds. The van der Waals surface area contributed by atoms with Crippen molar-refractivity contribution in [2.45, 2.75) is 45.2 Å². The molecule has 3 rings (SSSR count). The third-order valence-corrected chi connectivity index (χ3v) is 5.96. The molecule has 172 valence electrons. The van der Waals surface area contributed by atoms with Gasteiger partial charge in [0.25, 0.3) is 0 Å². The second-order valence-electron chi connectivity index (χ2n) is 7.99. The van der Waals surface area contributed by atoms with Crippen molar-refractivity contribution in [1.29, 1.82) is 0 Å². The number of amides is 2. The van der Waals surface area contributed by atoms with Gasteiger partial charge in [-0.15, -0.1) is 0 Å². The summed E-state index contributed by atoms with van der Waals surface area (Å²) in [5.74, 6) is 1.90. The van der Waals surface area contributed by atoms with Crippen molar-refractivity contribution in [3.05, 3.63) is 53.6 Å². The van der Waals surface area contributed by atoms with Crippen LogP contribution in [0.25, 0.3) is 0 Å². The molecule has 1 heterocycles. The van der Waals surface area contributed by atoms with E-state index in [0.717, 1.165) is 16.9 Å². The third kappa shape index (κ3) is 4.98. The molecule has 2 aromatic carbocycles. The molecule has 0 bridgehead atoms. The standard InChI is InChI=1S/C25H32N2O5/c1-5-32-20-9-7-6-8-19(20)17-27-23(28)12-14-25(27,2)24(29)26-15-13-18-10-11-21(30-3)22(16-18)31-4/h6-11,16H,5,12-15,17H2,1-4H3,(H,26,29)/t25-/m1/s1. The monoisotopic (exact) mass is 440 g/mol. The van der Waals surface area contributed by atoms with E-state index in [1.54, 1.807) is 19.1 Å². The average molecular weight is 441 g/mol. The summed E-state index contributed by atoms with van der Waals surface area (Å²) in [4.78, 5) is 27.5. The van der Waals surface area contributed by atoms with Gasteiger partial charge in [-0.2, -0.15) is 0 Å². The summed E-state index contributed by atoms with van der Waals surface area (Å²) >= 11 is 0. The molecule has 1 atom stereocenters. The number of para-hydroxylation sites is 1. The van der Waals surface area contributed by atoms with Crippen LogP contribution in [-0.4, -0.2) is 49.6 Å². The molecular weight excluding hydrogens is 408 g/mol. The van der Waals surface area contributed by atoms with Crippen molar-refractivity contribution in [3.8, 4) is 17.2 Å². The van der Waals surface area contributed by atoms with Crippen molar-refractivity contribution in [2.75, 3.05) is 27.4 Å². The zero-order valence-corrected chi connectivity index (χ0v) is 19.3. The van der Waals surface area contributed by atoms with E-state index in [1.165, 1.54) is 0 Å². The van der Waals surface area contributed by atoms with Gasteiger partial charge >= 0.3 is 0 Å². The van der Waals surface area contributed by atoms with Gasteiger partial charge in [0.15, 0.2) is 11.5 Å². The molecular formula is C25H32N2O5. The number of likely N-dealkylation sites (tertiary alicyclic amines) is 1. The molecule has 7 heteroatoms. The zero-order valence-electron chi connectivity index (χ0n) is 19.3. The molecule has 0 spiro atoms. The Bertz CT molecular complexity index is 961. The van der Waals surface area contributed by atoms with Crippen LogP contribution in [0.3, 0.4) is 0 Å². The first-order chi connectivity index (χ1) is 15.4. The van der Waals surface area contributed by atoms with Crippen molar-refractivity contribution in [1.82, 2.24) is 10.2 Å². The van der Waals surface area contributed by atoms with Crippen molar-refractivity contribution in [3.63, 3.8) is 0 Å². The second-order valence-corrected chi connectivity index (χ2v) is 7.99. The third-order valence-electron chi connectivity index (χ3n) is 5.96. The fourth-order valence-corrected chi connectivity index (χ4v) is 4.04. The van der Waals surface area contributed by atoms with E-state index in [-0.39, 0.29) is 11.8 Å². The minimum absolute atomic E-state index is 0.0196. The summed E-state index contributed by atoms with van der Waals surface area (Å²) in [7, 11) is 3.19. The SMILES string of the molecule is CCOc1ccccc1CN1C(=O)CC[C@]1(C)C(=O)NCCc1ccc(OC)c(OC)c1. The quantitative estimate of drug-likeness (QED) is 0.613. The normalized spacial score (nSPS) is 17.9. The second kappa shape index (κ2) is 10.4. The highest BCUT2D eigenvalue weighted by atomic mass is 16.5. The lowest BCUT2D eigenvalue weighted by Crippen LogP contribution is -2.54. The van der Waals surface area contributed by atoms with Crippen LogP contribution in [0.15, 0.2) is 42.5 Å². The van der Waals surface area contributed by atoms with E-state index in [4.69, 9.17) is 14.2 Å². The number of ether oxygens (including phenoxy) is 3. The molecule has 1 aliphatic heterocycles. The maximum Gasteiger partial charge on any atom is 0.245 e. The fraction of sp³-hybridized carbons (Fsp3) is 0.440. The lowest BCUT2D eigenvalue weighted by atomic mass is 9.96. The van der Waals surface area contributed by atoms with Gasteiger partial charge in [-0.1, -0.05) is 24.3 Å². The van der Waals surface area contributed by atoms with E-state index in [0.29, 0.717) is 50.5 Å². The van der Waals surface area contributed by atoms with Crippen LogP contribution >= 0.6 is 0 Å². The van der Waals surface area contributed by atoms with Crippen molar-refractivity contribution in [2.24, 2.45) is 0 Å². The van der Waals surface area contributed by atoms with Crippen LogP contribution in [-0.2, 0) is 22.6 Å². The van der Waals surface area contributed by atoms with E-state index in [9.17, 15) is 9.59 Å². The highest BCUT2D eigenvalue weighted by Gasteiger charge is 2.47. The summed E-state index contributed by atoms with van der Waals surface area (Å²) in [5.41, 5.74) is 1.03. The zero-order chi connectivity index (χ0) is 23.1. The van der Waals surface area contributed by atoms with Crippen LogP contribution in [0.1, 0.15) is 37.8 Å². The van der Waals surface area contributed by atoms with Crippen molar-refractivity contribution < 1.29 is 23.8 Å². The lowest BCUT2D eigenvalue weighted by molar-refractivity contribution is -0.141. The number of carbonyl (C=O) groups excluding carboxylic acids is 2. The van der Waals surface area contributed by atoms with E-state index < -0.39 is 5.54 Å². The molecule has 0 aromatic heterocycles. The first-order valence-corrected chi connectivity index (χ1v) is 10.9. The molecule has 1 saturated heterocycles. The number of nitrogens with zero attached hydrogens (tertiary/aromatic N) is 1. The number of rotatable bonds is 10. The van der Waals surface area contributed by atoms with Gasteiger partial charge in [0.2, 0.25) is 11.8 Å². The van der Waals surface area contributed by atoms with Crippen LogP contribution in [0.2, 0.25) is 0 Å². The molecule has 1 aliphatic rings. The predicted molar refractivity (Wildman–Crippen MR) is 122 cm³/mol. The highest BCUT2D eigenvalue weighted by molar-refractivity contribution is 5.94. The van der Waals surface area contributed by atoms with Gasteiger partial charge in [-0.05, 0) is 50.5 Å². The fourth-order valence-electron chi connectivity index (χ4n) is 4.04. The number of nitrogens with one attached hydrogen (secondary N) is 1. The largest absolute Gasteiger partial charge is 0.494 e. The van der Waals surface area contributed by atoms with Gasteiger partial charge in [0, 0.05) is 18.5 Å². The first-order valence-electron chi connectivity index (χ1n) is 10.9. The Kier molecular flexibility index (Phi) is 7.62. The van der Waals surface area contributed by atoms with Crippen LogP contribution in [0, 0.1) is 0 Å². The molecule has 0 unspecified atom stereocenters. The smallest absolute Gasteiger partial charge is 0.245 e. The van der Waals surface area contributed by atoms with Gasteiger partial charge < -0.3 is 24.4 Å². The predicted octanol–water partition coefficient (Wildman–Crippen LogP) is 3.34. The van der Waals surface area contributed by atoms with Crippen LogP contribution < -0.4 is 19.5 Å². The highest BCUT2D eigenvalue weighted by Crippen LogP contribution is 2.34. The van der Waals surface area contributed by atoms with E-state index >= 15 is 0 Å². The maximum atomic E-state index is 13.2. The number of carbonyl (C=O) groups is 2. The minimum atomic E-state index is -0.895. The summed E-state index contributed by atoms with van der Waals surface area (Å²) < 4.78 is 16.3. The Morgan fingerprint density at radius 1 is 1.09 bits per heavy atom. The maximum absolute atomic E-state index is 13.2. The molecule has 7 nitrogen and oxygen atoms in total. The van der Waals surface area contributed by atoms with Gasteiger partial charge in [-0.3, -0.25) is 9.59 Å². The summed E-state index contributed by atoms with van der Waals surface area (Å²) in [5, 5.41) is 3.02. The lowest BCUT2D eigenvalue weighted by Gasteiger charge is -2.34. The Morgan fingerprint density at radius 2 is 1.84 bits per heavy atom. The summed E-state index contributed by atoms with van der Waals surface area (Å²) in [6, 6.07) is 13.4.